The van der Waals surface area contributed by atoms with Crippen LogP contribution in [-0.4, -0.2) is 64.5 Å². The summed E-state index contributed by atoms with van der Waals surface area (Å²) in [6.45, 7) is 4.39. The average Bonchev–Trinajstić information content (AvgIpc) is 3.42. The molecule has 1 aromatic rings. The lowest BCUT2D eigenvalue weighted by Crippen LogP contribution is -2.74. The lowest BCUT2D eigenvalue weighted by molar-refractivity contribution is -0.175. The molecule has 2 aliphatic carbocycles. The van der Waals surface area contributed by atoms with Crippen molar-refractivity contribution in [2.24, 2.45) is 0 Å². The van der Waals surface area contributed by atoms with Gasteiger partial charge in [-0.25, -0.2) is 4.79 Å². The predicted octanol–water partition coefficient (Wildman–Crippen LogP) is 7.19. The first-order chi connectivity index (χ1) is 22.8. The number of likely N-dealkylation sites (tertiary alicyclic amines) is 1. The summed E-state index contributed by atoms with van der Waals surface area (Å²) in [4.78, 5) is 28.0. The minimum atomic E-state index is -1.10. The number of hydrogen-bond donors (Lipinski definition) is 2. The molecule has 1 aromatic carbocycles. The number of ether oxygens (including phenoxy) is 3. The van der Waals surface area contributed by atoms with Crippen molar-refractivity contribution in [2.75, 3.05) is 13.6 Å². The monoisotopic (exact) mass is 653 g/mol. The number of aliphatic hydroxyl groups is 2. The molecule has 2 aliphatic heterocycles. The molecule has 1 spiro atoms. The number of rotatable bonds is 20. The van der Waals surface area contributed by atoms with E-state index in [4.69, 9.17) is 14.2 Å². The largest absolute Gasteiger partial charge is 0.481 e. The summed E-state index contributed by atoms with van der Waals surface area (Å²) < 4.78 is 17.9. The SMILES string of the molecule is CCCCCCCCCCCCCCCCCC(=O)O[C@@H](C)C(=O)OC1=CC[C@@]2(O)[C@H]3Cc4ccc(CO)c5c4[C@@]2(CCN3C)[C@H]1O5. The van der Waals surface area contributed by atoms with Gasteiger partial charge in [0.05, 0.1) is 17.6 Å². The van der Waals surface area contributed by atoms with Crippen molar-refractivity contribution in [1.29, 1.82) is 0 Å². The highest BCUT2D eigenvalue weighted by molar-refractivity contribution is 5.80. The molecule has 5 rings (SSSR count). The summed E-state index contributed by atoms with van der Waals surface area (Å²) in [7, 11) is 2.04. The number of hydrogen-bond acceptors (Lipinski definition) is 8. The summed E-state index contributed by atoms with van der Waals surface area (Å²) in [6.07, 6.45) is 20.9. The lowest BCUT2D eigenvalue weighted by Gasteiger charge is -2.61. The third-order valence-corrected chi connectivity index (χ3v) is 11.5. The number of esters is 2. The Labute approximate surface area is 282 Å². The van der Waals surface area contributed by atoms with Crippen LogP contribution >= 0.6 is 0 Å². The van der Waals surface area contributed by atoms with Crippen molar-refractivity contribution < 1.29 is 34.0 Å². The zero-order valence-corrected chi connectivity index (χ0v) is 29.2. The molecule has 0 unspecified atom stereocenters. The van der Waals surface area contributed by atoms with Gasteiger partial charge in [0.2, 0.25) is 0 Å². The zero-order chi connectivity index (χ0) is 33.4. The second kappa shape index (κ2) is 16.3. The van der Waals surface area contributed by atoms with E-state index < -0.39 is 29.2 Å². The molecule has 0 amide bonds. The quantitative estimate of drug-likeness (QED) is 0.113. The Hall–Kier alpha value is -2.42. The first-order valence-electron chi connectivity index (χ1n) is 18.7. The maximum Gasteiger partial charge on any atom is 0.352 e. The van der Waals surface area contributed by atoms with Crippen LogP contribution in [0.4, 0.5) is 0 Å². The fraction of sp³-hybridized carbons (Fsp3) is 0.744. The third kappa shape index (κ3) is 7.45. The van der Waals surface area contributed by atoms with Crippen molar-refractivity contribution in [2.45, 2.75) is 172 Å². The minimum absolute atomic E-state index is 0.103. The van der Waals surface area contributed by atoms with Crippen LogP contribution in [0.2, 0.25) is 0 Å². The van der Waals surface area contributed by atoms with E-state index in [1.807, 2.05) is 19.2 Å². The van der Waals surface area contributed by atoms with E-state index >= 15 is 0 Å². The lowest BCUT2D eigenvalue weighted by atomic mass is 9.50. The van der Waals surface area contributed by atoms with Crippen LogP contribution in [0.15, 0.2) is 24.0 Å². The second-order valence-corrected chi connectivity index (χ2v) is 14.7. The van der Waals surface area contributed by atoms with E-state index in [0.717, 1.165) is 36.9 Å². The van der Waals surface area contributed by atoms with Gasteiger partial charge in [-0.2, -0.15) is 0 Å². The van der Waals surface area contributed by atoms with Crippen LogP contribution < -0.4 is 4.74 Å². The summed E-state index contributed by atoms with van der Waals surface area (Å²) >= 11 is 0. The number of unbranched alkanes of at least 4 members (excludes halogenated alkanes) is 14. The summed E-state index contributed by atoms with van der Waals surface area (Å²) in [6, 6.07) is 3.82. The molecule has 0 radical (unpaired) electrons. The van der Waals surface area contributed by atoms with Crippen molar-refractivity contribution in [1.82, 2.24) is 4.90 Å². The summed E-state index contributed by atoms with van der Waals surface area (Å²) in [5, 5.41) is 22.4. The summed E-state index contributed by atoms with van der Waals surface area (Å²) in [5.41, 5.74) is 0.841. The number of carbonyl (C=O) groups excluding carboxylic acids is 2. The smallest absolute Gasteiger partial charge is 0.352 e. The van der Waals surface area contributed by atoms with E-state index in [-0.39, 0.29) is 25.0 Å². The van der Waals surface area contributed by atoms with Gasteiger partial charge in [0.1, 0.15) is 11.5 Å². The zero-order valence-electron chi connectivity index (χ0n) is 29.2. The molecule has 0 aromatic heterocycles. The van der Waals surface area contributed by atoms with Gasteiger partial charge in [-0.05, 0) is 51.4 Å². The van der Waals surface area contributed by atoms with Gasteiger partial charge in [0, 0.05) is 30.0 Å². The van der Waals surface area contributed by atoms with E-state index in [1.165, 1.54) is 77.0 Å². The Balaban J connectivity index is 1.03. The number of nitrogens with zero attached hydrogens (tertiary/aromatic N) is 1. The van der Waals surface area contributed by atoms with Gasteiger partial charge < -0.3 is 29.3 Å². The molecule has 1 fully saturated rings. The highest BCUT2D eigenvalue weighted by Gasteiger charge is 2.71. The summed E-state index contributed by atoms with van der Waals surface area (Å²) in [5.74, 6) is -0.0863. The van der Waals surface area contributed by atoms with Crippen molar-refractivity contribution in [3.8, 4) is 5.75 Å². The van der Waals surface area contributed by atoms with Crippen molar-refractivity contribution >= 4 is 11.9 Å². The number of likely N-dealkylation sites (N-methyl/N-ethyl adjacent to an activating group) is 1. The molecule has 2 N–H and O–H groups in total. The topological polar surface area (TPSA) is 106 Å². The molecule has 4 aliphatic rings. The maximum atomic E-state index is 13.2. The highest BCUT2D eigenvalue weighted by Crippen LogP contribution is 2.64. The van der Waals surface area contributed by atoms with Gasteiger partial charge in [0.25, 0.3) is 0 Å². The van der Waals surface area contributed by atoms with Crippen LogP contribution in [0.3, 0.4) is 0 Å². The first-order valence-corrected chi connectivity index (χ1v) is 18.7. The number of carbonyl (C=O) groups is 2. The molecule has 2 bridgehead atoms. The molecule has 5 atom stereocenters. The van der Waals surface area contributed by atoms with Gasteiger partial charge >= 0.3 is 11.9 Å². The Morgan fingerprint density at radius 3 is 2.21 bits per heavy atom. The van der Waals surface area contributed by atoms with E-state index in [2.05, 4.69) is 11.8 Å². The van der Waals surface area contributed by atoms with Gasteiger partial charge in [-0.1, -0.05) is 109 Å². The molecule has 0 saturated carbocycles. The molecule has 1 saturated heterocycles. The second-order valence-electron chi connectivity index (χ2n) is 14.7. The maximum absolute atomic E-state index is 13.2. The minimum Gasteiger partial charge on any atom is -0.481 e. The van der Waals surface area contributed by atoms with Crippen LogP contribution in [0.25, 0.3) is 0 Å². The third-order valence-electron chi connectivity index (χ3n) is 11.5. The van der Waals surface area contributed by atoms with Crippen LogP contribution in [0, 0.1) is 0 Å². The Morgan fingerprint density at radius 2 is 1.60 bits per heavy atom. The molecule has 47 heavy (non-hydrogen) atoms. The van der Waals surface area contributed by atoms with E-state index in [9.17, 15) is 19.8 Å². The molecule has 2 heterocycles. The molecule has 8 heteroatoms. The highest BCUT2D eigenvalue weighted by atomic mass is 16.6. The Kier molecular flexibility index (Phi) is 12.5. The van der Waals surface area contributed by atoms with E-state index in [1.54, 1.807) is 13.0 Å². The van der Waals surface area contributed by atoms with Gasteiger partial charge in [-0.3, -0.25) is 4.79 Å². The number of piperidine rings is 1. The molecule has 8 nitrogen and oxygen atoms in total. The molecular weight excluding hydrogens is 594 g/mol. The van der Waals surface area contributed by atoms with Crippen LogP contribution in [0.1, 0.15) is 146 Å². The van der Waals surface area contributed by atoms with Crippen molar-refractivity contribution in [3.05, 3.63) is 40.7 Å². The molecular formula is C39H59NO7. The standard InChI is InChI=1S/C39H59NO7/c1-4-5-6-7-8-9-10-11-12-13-14-15-16-17-18-19-33(42)45-28(2)37(43)46-31-22-23-39(44)32-26-29-20-21-30(27-41)35-34(29)38(39,36(31)47-35)24-25-40(32)3/h20-22,28,32,36,41,44H,4-19,23-27H2,1-3H3/t28-,32+,36-,38-,39+/m0/s1. The van der Waals surface area contributed by atoms with Gasteiger partial charge in [-0.15, -0.1) is 0 Å². The van der Waals surface area contributed by atoms with Crippen molar-refractivity contribution in [3.63, 3.8) is 0 Å². The normalized spacial score (nSPS) is 26.3. The van der Waals surface area contributed by atoms with E-state index in [0.29, 0.717) is 36.3 Å². The van der Waals surface area contributed by atoms with Crippen LogP contribution in [-0.2, 0) is 37.5 Å². The predicted molar refractivity (Wildman–Crippen MR) is 182 cm³/mol. The Bertz CT molecular complexity index is 1260. The van der Waals surface area contributed by atoms with Crippen LogP contribution in [0.5, 0.6) is 5.75 Å². The first kappa shape index (κ1) is 35.9. The fourth-order valence-corrected chi connectivity index (χ4v) is 8.78. The number of aliphatic hydroxyl groups excluding tert-OH is 1. The Morgan fingerprint density at radius 1 is 0.979 bits per heavy atom. The number of benzene rings is 1. The fourth-order valence-electron chi connectivity index (χ4n) is 8.78. The molecule has 262 valence electrons. The van der Waals surface area contributed by atoms with Gasteiger partial charge in [0.15, 0.2) is 12.2 Å². The average molecular weight is 654 g/mol.